The average molecular weight is 773 g/mol. The lowest BCUT2D eigenvalue weighted by Crippen LogP contribution is -2.52. The van der Waals surface area contributed by atoms with Crippen molar-refractivity contribution in [1.82, 2.24) is 21.3 Å². The monoisotopic (exact) mass is 772 g/mol. The number of amides is 4. The first kappa shape index (κ1) is 51.6. The minimum atomic E-state index is -3.27. The van der Waals surface area contributed by atoms with E-state index in [1.165, 1.54) is 22.6 Å². The van der Waals surface area contributed by atoms with E-state index in [-0.39, 0.29) is 36.0 Å². The van der Waals surface area contributed by atoms with E-state index >= 15 is 0 Å². The van der Waals surface area contributed by atoms with Crippen molar-refractivity contribution in [2.75, 3.05) is 6.54 Å². The summed E-state index contributed by atoms with van der Waals surface area (Å²) in [5, 5.41) is 10.2. The van der Waals surface area contributed by atoms with Crippen LogP contribution >= 0.6 is 9.24 Å². The van der Waals surface area contributed by atoms with Crippen molar-refractivity contribution in [3.8, 4) is 0 Å². The van der Waals surface area contributed by atoms with Gasteiger partial charge in [-0.25, -0.2) is 4.79 Å². The van der Waals surface area contributed by atoms with Gasteiger partial charge in [0.25, 0.3) is 11.6 Å². The lowest BCUT2D eigenvalue weighted by Gasteiger charge is -2.33. The van der Waals surface area contributed by atoms with Gasteiger partial charge >= 0.3 is 6.09 Å². The van der Waals surface area contributed by atoms with Crippen LogP contribution in [0.2, 0.25) is 0 Å². The van der Waals surface area contributed by atoms with Crippen LogP contribution < -0.4 is 21.3 Å². The summed E-state index contributed by atoms with van der Waals surface area (Å²) >= 11 is 0. The molecular formula is C39H67F2N4O7P. The third-order valence-corrected chi connectivity index (χ3v) is 8.75. The highest BCUT2D eigenvalue weighted by Gasteiger charge is 2.46. The Kier molecular flexibility index (Phi) is 24.9. The van der Waals surface area contributed by atoms with Gasteiger partial charge in [0.15, 0.2) is 11.4 Å². The number of carbonyl (C=O) groups is 6. The van der Waals surface area contributed by atoms with Crippen LogP contribution in [0.4, 0.5) is 13.6 Å². The summed E-state index contributed by atoms with van der Waals surface area (Å²) < 4.78 is 31.1. The number of Topliss-reactive ketones (excluding diaryl/α,β-unsaturated/α-hetero) is 2. The topological polar surface area (TPSA) is 160 Å². The van der Waals surface area contributed by atoms with E-state index < -0.39 is 46.5 Å². The fraction of sp³-hybridized carbons (Fsp3) is 0.692. The number of halogens is 2. The second-order valence-electron chi connectivity index (χ2n) is 14.9. The Morgan fingerprint density at radius 1 is 0.868 bits per heavy atom. The Morgan fingerprint density at radius 2 is 1.42 bits per heavy atom. The molecule has 4 N–H and O–H groups in total. The van der Waals surface area contributed by atoms with Gasteiger partial charge in [-0.1, -0.05) is 128 Å². The van der Waals surface area contributed by atoms with E-state index in [9.17, 15) is 37.5 Å². The molecular weight excluding hydrogens is 705 g/mol. The lowest BCUT2D eigenvalue weighted by atomic mass is 9.85. The maximum atomic E-state index is 13.2. The van der Waals surface area contributed by atoms with Crippen molar-refractivity contribution in [1.29, 1.82) is 0 Å². The smallest absolute Gasteiger partial charge is 0.408 e. The summed E-state index contributed by atoms with van der Waals surface area (Å²) in [6, 6.07) is 7.70. The molecule has 0 spiro atoms. The number of benzene rings is 1. The van der Waals surface area contributed by atoms with Gasteiger partial charge in [-0.05, 0) is 50.5 Å². The molecule has 53 heavy (non-hydrogen) atoms. The Bertz CT molecular complexity index is 1280. The van der Waals surface area contributed by atoms with Crippen molar-refractivity contribution < 1.29 is 42.3 Å². The predicted molar refractivity (Wildman–Crippen MR) is 209 cm³/mol. The number of carbonyl (C=O) groups excluding carboxylic acids is 6. The molecule has 0 saturated heterocycles. The SMILES string of the molecule is CC(=O)C(NC(=O)OC(C)(C)C(F)(F)P)C(C)(C)C.CCC.CCCCC(C)C(=O)NC(CC(C)CC)C(=O)C(=O)NCC(=O)NCc1ccccc1. The second-order valence-corrected chi connectivity index (χ2v) is 15.7. The van der Waals surface area contributed by atoms with Crippen LogP contribution in [0.1, 0.15) is 127 Å². The first-order valence-electron chi connectivity index (χ1n) is 18.5. The Hall–Kier alpha value is -3.47. The second kappa shape index (κ2) is 25.5. The molecule has 0 saturated carbocycles. The van der Waals surface area contributed by atoms with E-state index in [0.29, 0.717) is 13.0 Å². The molecule has 0 bridgehead atoms. The van der Waals surface area contributed by atoms with E-state index in [4.69, 9.17) is 4.74 Å². The molecule has 0 heterocycles. The number of alkyl carbamates (subject to hydrolysis) is 1. The molecule has 5 unspecified atom stereocenters. The number of hydrogen-bond acceptors (Lipinski definition) is 7. The number of alkyl halides is 2. The molecule has 1 aromatic rings. The van der Waals surface area contributed by atoms with Gasteiger partial charge in [0.1, 0.15) is 0 Å². The Balaban J connectivity index is 0. The third kappa shape index (κ3) is 22.4. The third-order valence-electron chi connectivity index (χ3n) is 8.06. The van der Waals surface area contributed by atoms with Crippen LogP contribution in [0.25, 0.3) is 0 Å². The molecule has 0 aliphatic carbocycles. The zero-order chi connectivity index (χ0) is 41.6. The Morgan fingerprint density at radius 3 is 1.87 bits per heavy atom. The van der Waals surface area contributed by atoms with Crippen LogP contribution in [0.15, 0.2) is 30.3 Å². The van der Waals surface area contributed by atoms with Crippen molar-refractivity contribution in [3.05, 3.63) is 35.9 Å². The first-order chi connectivity index (χ1) is 24.4. The highest BCUT2D eigenvalue weighted by molar-refractivity contribution is 7.18. The quantitative estimate of drug-likeness (QED) is 0.0914. The van der Waals surface area contributed by atoms with Crippen LogP contribution in [-0.2, 0) is 35.3 Å². The molecule has 0 aliphatic heterocycles. The first-order valence-corrected chi connectivity index (χ1v) is 19.1. The van der Waals surface area contributed by atoms with Crippen LogP contribution in [0, 0.1) is 17.3 Å². The zero-order valence-corrected chi connectivity index (χ0v) is 35.2. The summed E-state index contributed by atoms with van der Waals surface area (Å²) in [7, 11) is 1.33. The van der Waals surface area contributed by atoms with Crippen molar-refractivity contribution >= 4 is 44.6 Å². The molecule has 5 atom stereocenters. The molecule has 0 aromatic heterocycles. The van der Waals surface area contributed by atoms with Gasteiger partial charge in [0.05, 0.1) is 18.6 Å². The van der Waals surface area contributed by atoms with Gasteiger partial charge in [-0.2, -0.15) is 8.78 Å². The molecule has 0 aliphatic rings. The number of unbranched alkanes of at least 4 members (excludes halogenated alkanes) is 1. The molecule has 11 nitrogen and oxygen atoms in total. The largest absolute Gasteiger partial charge is 0.437 e. The number of rotatable bonds is 18. The van der Waals surface area contributed by atoms with E-state index in [1.807, 2.05) is 51.1 Å². The summed E-state index contributed by atoms with van der Waals surface area (Å²) in [6.07, 6.45) is 4.07. The van der Waals surface area contributed by atoms with Crippen LogP contribution in [0.5, 0.6) is 0 Å². The molecule has 14 heteroatoms. The zero-order valence-electron chi connectivity index (χ0n) is 34.0. The molecule has 304 valence electrons. The fourth-order valence-corrected chi connectivity index (χ4v) is 4.45. The molecule has 1 aromatic carbocycles. The molecule has 1 rings (SSSR count). The fourth-order valence-electron chi connectivity index (χ4n) is 4.40. The van der Waals surface area contributed by atoms with E-state index in [1.54, 1.807) is 20.8 Å². The van der Waals surface area contributed by atoms with Gasteiger partial charge < -0.3 is 26.0 Å². The van der Waals surface area contributed by atoms with Crippen LogP contribution in [0.3, 0.4) is 0 Å². The highest BCUT2D eigenvalue weighted by atomic mass is 31.0. The summed E-state index contributed by atoms with van der Waals surface area (Å²) in [5.74, 6) is -2.50. The highest BCUT2D eigenvalue weighted by Crippen LogP contribution is 2.37. The minimum absolute atomic E-state index is 0.169. The number of hydrogen-bond donors (Lipinski definition) is 4. The van der Waals surface area contributed by atoms with Gasteiger partial charge in [0.2, 0.25) is 17.6 Å². The summed E-state index contributed by atoms with van der Waals surface area (Å²) in [6.45, 7) is 20.9. The molecule has 0 radical (unpaired) electrons. The van der Waals surface area contributed by atoms with Crippen LogP contribution in [-0.4, -0.2) is 65.3 Å². The summed E-state index contributed by atoms with van der Waals surface area (Å²) in [4.78, 5) is 72.7. The lowest BCUT2D eigenvalue weighted by molar-refractivity contribution is -0.141. The van der Waals surface area contributed by atoms with Gasteiger partial charge in [-0.15, -0.1) is 0 Å². The molecule has 4 amide bonds. The van der Waals surface area contributed by atoms with E-state index in [2.05, 4.69) is 42.0 Å². The normalized spacial score (nSPS) is 13.6. The maximum Gasteiger partial charge on any atom is 0.408 e. The predicted octanol–water partition coefficient (Wildman–Crippen LogP) is 7.11. The minimum Gasteiger partial charge on any atom is -0.437 e. The van der Waals surface area contributed by atoms with Crippen molar-refractivity contribution in [2.24, 2.45) is 17.3 Å². The van der Waals surface area contributed by atoms with Crippen molar-refractivity contribution in [2.45, 2.75) is 152 Å². The maximum absolute atomic E-state index is 13.2. The van der Waals surface area contributed by atoms with E-state index in [0.717, 1.165) is 45.1 Å². The van der Waals surface area contributed by atoms with Gasteiger partial charge in [0, 0.05) is 12.5 Å². The standard InChI is InChI=1S/C24H37N3O4.C12H22F2NO3P.C3H8/c1-5-7-11-18(4)23(30)27-20(14-17(3)6-2)22(29)24(31)26-16-21(28)25-15-19-12-9-8-10-13-19;1-7(16)8(10(2,3)4)15-9(17)18-11(5,6)12(13,14)19;1-3-2/h8-10,12-13,17-18,20H,5-7,11,14-16H2,1-4H3,(H,25,28)(H,26,31)(H,27,30);8H,19H2,1-6H3,(H,15,17);3H2,1-2H3. The number of ether oxygens (including phenoxy) is 1. The van der Waals surface area contributed by atoms with Gasteiger partial charge in [-0.3, -0.25) is 24.0 Å². The average Bonchev–Trinajstić information content (AvgIpc) is 3.06. The van der Waals surface area contributed by atoms with Crippen molar-refractivity contribution in [3.63, 3.8) is 0 Å². The Labute approximate surface area is 318 Å². The summed E-state index contributed by atoms with van der Waals surface area (Å²) in [5.41, 5.74) is -4.84. The number of nitrogens with one attached hydrogen (secondary N) is 4. The number of ketones is 2. The molecule has 0 fully saturated rings.